The van der Waals surface area contributed by atoms with E-state index in [0.29, 0.717) is 23.0 Å². The maximum Gasteiger partial charge on any atom is 0.195 e. The molecule has 0 saturated heterocycles. The van der Waals surface area contributed by atoms with Gasteiger partial charge in [-0.2, -0.15) is 0 Å². The van der Waals surface area contributed by atoms with E-state index >= 15 is 0 Å². The maximum atomic E-state index is 7.51. The molecule has 0 aromatic heterocycles. The minimum Gasteiger partial charge on any atom is -0.359 e. The van der Waals surface area contributed by atoms with E-state index in [-0.39, 0.29) is 11.9 Å². The first-order valence-electron chi connectivity index (χ1n) is 5.32. The Morgan fingerprint density at radius 3 is 2.50 bits per heavy atom. The highest BCUT2D eigenvalue weighted by molar-refractivity contribution is 6.42. The van der Waals surface area contributed by atoms with E-state index in [1.807, 2.05) is 6.07 Å². The van der Waals surface area contributed by atoms with Crippen LogP contribution in [0.15, 0.2) is 18.2 Å². The Balaban J connectivity index is 2.35. The molecule has 0 amide bonds. The molecule has 98 valence electrons. The van der Waals surface area contributed by atoms with Crippen molar-refractivity contribution in [3.8, 4) is 0 Å². The molecule has 5 nitrogen and oxygen atoms in total. The largest absolute Gasteiger partial charge is 0.359 e. The first kappa shape index (κ1) is 14.6. The smallest absolute Gasteiger partial charge is 0.195 e. The first-order chi connectivity index (χ1) is 8.52. The molecule has 0 aliphatic heterocycles. The average molecular weight is 288 g/mol. The van der Waals surface area contributed by atoms with Crippen LogP contribution in [0.3, 0.4) is 0 Å². The fourth-order valence-electron chi connectivity index (χ4n) is 1.26. The van der Waals surface area contributed by atoms with Crippen LogP contribution < -0.4 is 16.0 Å². The van der Waals surface area contributed by atoms with Crippen LogP contribution in [-0.4, -0.2) is 25.5 Å². The van der Waals surface area contributed by atoms with Gasteiger partial charge in [-0.1, -0.05) is 29.3 Å². The van der Waals surface area contributed by atoms with Crippen molar-refractivity contribution in [3.63, 3.8) is 0 Å². The highest BCUT2D eigenvalue weighted by Crippen LogP contribution is 2.22. The van der Waals surface area contributed by atoms with E-state index in [2.05, 4.69) is 16.0 Å². The van der Waals surface area contributed by atoms with Gasteiger partial charge in [-0.15, -0.1) is 0 Å². The Labute approximate surface area is 116 Å². The van der Waals surface area contributed by atoms with Gasteiger partial charge in [0.25, 0.3) is 0 Å². The van der Waals surface area contributed by atoms with Crippen molar-refractivity contribution in [2.75, 3.05) is 13.6 Å². The van der Waals surface area contributed by atoms with Gasteiger partial charge in [0, 0.05) is 13.6 Å². The van der Waals surface area contributed by atoms with E-state index in [4.69, 9.17) is 34.0 Å². The Morgan fingerprint density at radius 2 is 1.89 bits per heavy atom. The van der Waals surface area contributed by atoms with E-state index < -0.39 is 0 Å². The Bertz CT molecular complexity index is 447. The predicted octanol–water partition coefficient (Wildman–Crippen LogP) is 1.80. The highest BCUT2D eigenvalue weighted by Gasteiger charge is 2.01. The summed E-state index contributed by atoms with van der Waals surface area (Å²) in [6, 6.07) is 5.44. The van der Waals surface area contributed by atoms with Gasteiger partial charge in [-0.25, -0.2) is 0 Å². The quantitative estimate of drug-likeness (QED) is 0.434. The molecule has 0 aliphatic carbocycles. The van der Waals surface area contributed by atoms with Crippen LogP contribution >= 0.6 is 23.2 Å². The second-order valence-corrected chi connectivity index (χ2v) is 4.36. The predicted molar refractivity (Wildman–Crippen MR) is 75.8 cm³/mol. The topological polar surface area (TPSA) is 83.8 Å². The third kappa shape index (κ3) is 4.81. The molecule has 0 atom stereocenters. The lowest BCUT2D eigenvalue weighted by Gasteiger charge is -2.10. The molecule has 7 heteroatoms. The molecular weight excluding hydrogens is 273 g/mol. The minimum absolute atomic E-state index is 0.0713. The van der Waals surface area contributed by atoms with Crippen LogP contribution in [0.2, 0.25) is 10.0 Å². The van der Waals surface area contributed by atoms with Gasteiger partial charge in [-0.05, 0) is 24.1 Å². The van der Waals surface area contributed by atoms with Crippen LogP contribution in [0.1, 0.15) is 5.56 Å². The summed E-state index contributed by atoms with van der Waals surface area (Å²) in [6.07, 6.45) is 0.716. The van der Waals surface area contributed by atoms with Crippen molar-refractivity contribution < 1.29 is 0 Å². The maximum absolute atomic E-state index is 7.51. The Morgan fingerprint density at radius 1 is 1.17 bits per heavy atom. The van der Waals surface area contributed by atoms with Crippen LogP contribution in [0.25, 0.3) is 0 Å². The van der Waals surface area contributed by atoms with Gasteiger partial charge < -0.3 is 10.6 Å². The number of hydrogen-bond donors (Lipinski definition) is 5. The fourth-order valence-corrected chi connectivity index (χ4v) is 1.58. The molecule has 0 saturated carbocycles. The van der Waals surface area contributed by atoms with Gasteiger partial charge in [-0.3, -0.25) is 16.1 Å². The van der Waals surface area contributed by atoms with Crippen molar-refractivity contribution in [1.82, 2.24) is 16.0 Å². The van der Waals surface area contributed by atoms with Gasteiger partial charge >= 0.3 is 0 Å². The molecule has 0 fully saturated rings. The van der Waals surface area contributed by atoms with Crippen molar-refractivity contribution in [2.45, 2.75) is 6.42 Å². The molecule has 1 aromatic rings. The third-order valence-electron chi connectivity index (χ3n) is 2.20. The number of hydrogen-bond acceptors (Lipinski definition) is 2. The fraction of sp³-hybridized carbons (Fsp3) is 0.273. The molecule has 0 heterocycles. The molecule has 0 spiro atoms. The zero-order valence-electron chi connectivity index (χ0n) is 9.90. The van der Waals surface area contributed by atoms with Gasteiger partial charge in [0.15, 0.2) is 11.9 Å². The summed E-state index contributed by atoms with van der Waals surface area (Å²) in [5.74, 6) is 0.149. The summed E-state index contributed by atoms with van der Waals surface area (Å²) < 4.78 is 0. The number of guanidine groups is 2. The summed E-state index contributed by atoms with van der Waals surface area (Å²) >= 11 is 11.7. The van der Waals surface area contributed by atoms with E-state index in [9.17, 15) is 0 Å². The summed E-state index contributed by atoms with van der Waals surface area (Å²) in [5, 5.41) is 23.8. The number of nitrogens with one attached hydrogen (secondary N) is 5. The van der Waals surface area contributed by atoms with E-state index in [1.54, 1.807) is 19.2 Å². The number of halogens is 2. The van der Waals surface area contributed by atoms with Crippen molar-refractivity contribution in [3.05, 3.63) is 33.8 Å². The lowest BCUT2D eigenvalue weighted by atomic mass is 10.1. The van der Waals surface area contributed by atoms with Gasteiger partial charge in [0.05, 0.1) is 10.0 Å². The summed E-state index contributed by atoms with van der Waals surface area (Å²) in [4.78, 5) is 0. The van der Waals surface area contributed by atoms with Crippen LogP contribution in [0.4, 0.5) is 0 Å². The lowest BCUT2D eigenvalue weighted by Crippen LogP contribution is -2.45. The van der Waals surface area contributed by atoms with Gasteiger partial charge in [0.1, 0.15) is 0 Å². The summed E-state index contributed by atoms with van der Waals surface area (Å²) in [6.45, 7) is 0.570. The second kappa shape index (κ2) is 7.08. The third-order valence-corrected chi connectivity index (χ3v) is 2.94. The second-order valence-electron chi connectivity index (χ2n) is 3.55. The minimum atomic E-state index is 0.0713. The molecule has 1 rings (SSSR count). The van der Waals surface area contributed by atoms with Crippen LogP contribution in [-0.2, 0) is 6.42 Å². The van der Waals surface area contributed by atoms with Crippen LogP contribution in [0.5, 0.6) is 0 Å². The summed E-state index contributed by atoms with van der Waals surface area (Å²) in [5.41, 5.74) is 1.04. The normalized spacial score (nSPS) is 9.72. The molecule has 0 aliphatic rings. The number of benzene rings is 1. The van der Waals surface area contributed by atoms with Crippen molar-refractivity contribution in [1.29, 1.82) is 10.8 Å². The molecule has 0 unspecified atom stereocenters. The highest BCUT2D eigenvalue weighted by atomic mass is 35.5. The molecule has 5 N–H and O–H groups in total. The van der Waals surface area contributed by atoms with Crippen molar-refractivity contribution in [2.24, 2.45) is 0 Å². The molecule has 0 bridgehead atoms. The average Bonchev–Trinajstić information content (AvgIpc) is 2.33. The zero-order chi connectivity index (χ0) is 13.5. The first-order valence-corrected chi connectivity index (χ1v) is 6.08. The SMILES string of the molecule is CNC(=N)NC(=N)NCCc1ccc(Cl)c(Cl)c1. The van der Waals surface area contributed by atoms with E-state index in [1.165, 1.54) is 0 Å². The van der Waals surface area contributed by atoms with Crippen LogP contribution in [0, 0.1) is 10.8 Å². The standard InChI is InChI=1S/C11H15Cl2N5/c1-16-10(14)18-11(15)17-5-4-7-2-3-8(12)9(13)6-7/h2-3,6H,4-5H2,1H3,(H5,14,15,16,17,18). The lowest BCUT2D eigenvalue weighted by molar-refractivity contribution is 0.837. The monoisotopic (exact) mass is 287 g/mol. The molecule has 0 radical (unpaired) electrons. The van der Waals surface area contributed by atoms with Crippen molar-refractivity contribution >= 4 is 35.1 Å². The molecule has 18 heavy (non-hydrogen) atoms. The zero-order valence-corrected chi connectivity index (χ0v) is 11.4. The van der Waals surface area contributed by atoms with E-state index in [0.717, 1.165) is 5.56 Å². The summed E-state index contributed by atoms with van der Waals surface area (Å²) in [7, 11) is 1.61. The Kier molecular flexibility index (Phi) is 5.74. The van der Waals surface area contributed by atoms with Gasteiger partial charge in [0.2, 0.25) is 0 Å². The molecular formula is C11H15Cl2N5. The molecule has 1 aromatic carbocycles. The number of rotatable bonds is 3. The Hall–Kier alpha value is -1.46.